The van der Waals surface area contributed by atoms with Crippen molar-refractivity contribution in [1.29, 1.82) is 0 Å². The SMILES string of the molecule is Fc1ccc(CNC2CCc3cc(F)ccc32)c(F)c1. The third-order valence-electron chi connectivity index (χ3n) is 3.74. The van der Waals surface area contributed by atoms with Gasteiger partial charge in [-0.25, -0.2) is 13.2 Å². The van der Waals surface area contributed by atoms with Crippen LogP contribution in [-0.2, 0) is 13.0 Å². The fourth-order valence-corrected chi connectivity index (χ4v) is 2.70. The predicted octanol–water partition coefficient (Wildman–Crippen LogP) is 3.88. The Hall–Kier alpha value is -1.81. The molecule has 0 amide bonds. The summed E-state index contributed by atoms with van der Waals surface area (Å²) in [7, 11) is 0. The Balaban J connectivity index is 1.72. The molecule has 2 aromatic carbocycles. The standard InChI is InChI=1S/C16H14F3N/c17-12-4-5-14-10(7-12)2-6-16(14)20-9-11-1-3-13(18)8-15(11)19/h1,3-5,7-8,16,20H,2,6,9H2. The van der Waals surface area contributed by atoms with Gasteiger partial charge in [-0.3, -0.25) is 0 Å². The van der Waals surface area contributed by atoms with Gasteiger partial charge in [-0.05, 0) is 42.2 Å². The van der Waals surface area contributed by atoms with Crippen LogP contribution in [0.15, 0.2) is 36.4 Å². The molecule has 0 fully saturated rings. The molecule has 1 aliphatic rings. The van der Waals surface area contributed by atoms with Crippen molar-refractivity contribution in [1.82, 2.24) is 5.32 Å². The Morgan fingerprint density at radius 3 is 2.55 bits per heavy atom. The number of hydrogen-bond donors (Lipinski definition) is 1. The number of fused-ring (bicyclic) bond motifs is 1. The van der Waals surface area contributed by atoms with Gasteiger partial charge in [0.05, 0.1) is 0 Å². The second kappa shape index (κ2) is 5.29. The first-order chi connectivity index (χ1) is 9.63. The maximum atomic E-state index is 13.5. The van der Waals surface area contributed by atoms with E-state index in [0.29, 0.717) is 12.1 Å². The summed E-state index contributed by atoms with van der Waals surface area (Å²) in [5.74, 6) is -1.35. The van der Waals surface area contributed by atoms with E-state index in [0.717, 1.165) is 30.0 Å². The molecule has 0 saturated heterocycles. The zero-order valence-electron chi connectivity index (χ0n) is 10.8. The van der Waals surface area contributed by atoms with Gasteiger partial charge in [0.15, 0.2) is 0 Å². The van der Waals surface area contributed by atoms with E-state index in [2.05, 4.69) is 5.32 Å². The molecule has 1 unspecified atom stereocenters. The molecular weight excluding hydrogens is 263 g/mol. The predicted molar refractivity (Wildman–Crippen MR) is 70.7 cm³/mol. The van der Waals surface area contributed by atoms with Gasteiger partial charge in [-0.1, -0.05) is 12.1 Å². The molecular formula is C16H14F3N. The molecule has 0 saturated carbocycles. The monoisotopic (exact) mass is 277 g/mol. The maximum absolute atomic E-state index is 13.5. The van der Waals surface area contributed by atoms with Crippen molar-refractivity contribution in [3.8, 4) is 0 Å². The third-order valence-corrected chi connectivity index (χ3v) is 3.74. The summed E-state index contributed by atoms with van der Waals surface area (Å²) < 4.78 is 39.5. The molecule has 1 atom stereocenters. The Morgan fingerprint density at radius 2 is 1.75 bits per heavy atom. The molecule has 1 N–H and O–H groups in total. The van der Waals surface area contributed by atoms with Crippen LogP contribution >= 0.6 is 0 Å². The lowest BCUT2D eigenvalue weighted by atomic mass is 10.1. The quantitative estimate of drug-likeness (QED) is 0.897. The molecule has 1 aliphatic carbocycles. The van der Waals surface area contributed by atoms with Crippen molar-refractivity contribution in [2.75, 3.05) is 0 Å². The zero-order chi connectivity index (χ0) is 14.1. The smallest absolute Gasteiger partial charge is 0.130 e. The molecule has 0 aliphatic heterocycles. The zero-order valence-corrected chi connectivity index (χ0v) is 10.8. The van der Waals surface area contributed by atoms with Gasteiger partial charge in [-0.15, -0.1) is 0 Å². The fourth-order valence-electron chi connectivity index (χ4n) is 2.70. The van der Waals surface area contributed by atoms with E-state index in [1.165, 1.54) is 18.2 Å². The number of halogens is 3. The highest BCUT2D eigenvalue weighted by Gasteiger charge is 2.22. The van der Waals surface area contributed by atoms with Crippen LogP contribution in [0.4, 0.5) is 13.2 Å². The molecule has 4 heteroatoms. The van der Waals surface area contributed by atoms with Gasteiger partial charge in [0.25, 0.3) is 0 Å². The molecule has 2 aromatic rings. The normalized spacial score (nSPS) is 17.2. The second-order valence-corrected chi connectivity index (χ2v) is 5.05. The minimum Gasteiger partial charge on any atom is -0.306 e. The van der Waals surface area contributed by atoms with E-state index >= 15 is 0 Å². The van der Waals surface area contributed by atoms with Crippen molar-refractivity contribution in [3.63, 3.8) is 0 Å². The first-order valence-electron chi connectivity index (χ1n) is 6.59. The lowest BCUT2D eigenvalue weighted by Gasteiger charge is -2.14. The van der Waals surface area contributed by atoms with Crippen molar-refractivity contribution >= 4 is 0 Å². The highest BCUT2D eigenvalue weighted by atomic mass is 19.1. The first-order valence-corrected chi connectivity index (χ1v) is 6.59. The van der Waals surface area contributed by atoms with Crippen LogP contribution in [-0.4, -0.2) is 0 Å². The highest BCUT2D eigenvalue weighted by Crippen LogP contribution is 2.31. The molecule has 0 bridgehead atoms. The number of benzene rings is 2. The Labute approximate surface area is 115 Å². The molecule has 1 nitrogen and oxygen atoms in total. The average Bonchev–Trinajstić information content (AvgIpc) is 2.80. The summed E-state index contributed by atoms with van der Waals surface area (Å²) in [4.78, 5) is 0. The highest BCUT2D eigenvalue weighted by molar-refractivity contribution is 5.35. The minimum atomic E-state index is -0.576. The van der Waals surface area contributed by atoms with Crippen LogP contribution in [0.2, 0.25) is 0 Å². The summed E-state index contributed by atoms with van der Waals surface area (Å²) in [5.41, 5.74) is 2.50. The Morgan fingerprint density at radius 1 is 1.00 bits per heavy atom. The van der Waals surface area contributed by atoms with Crippen LogP contribution in [0.5, 0.6) is 0 Å². The van der Waals surface area contributed by atoms with Gasteiger partial charge in [-0.2, -0.15) is 0 Å². The van der Waals surface area contributed by atoms with Gasteiger partial charge in [0.1, 0.15) is 17.5 Å². The average molecular weight is 277 g/mol. The Bertz CT molecular complexity index is 640. The van der Waals surface area contributed by atoms with Gasteiger partial charge >= 0.3 is 0 Å². The van der Waals surface area contributed by atoms with E-state index in [1.54, 1.807) is 12.1 Å². The van der Waals surface area contributed by atoms with Crippen LogP contribution in [0.3, 0.4) is 0 Å². The van der Waals surface area contributed by atoms with Crippen LogP contribution < -0.4 is 5.32 Å². The summed E-state index contributed by atoms with van der Waals surface area (Å²) in [6.45, 7) is 0.327. The van der Waals surface area contributed by atoms with Crippen molar-refractivity contribution in [3.05, 3.63) is 70.5 Å². The molecule has 0 radical (unpaired) electrons. The summed E-state index contributed by atoms with van der Waals surface area (Å²) >= 11 is 0. The fraction of sp³-hybridized carbons (Fsp3) is 0.250. The number of hydrogen-bond acceptors (Lipinski definition) is 1. The largest absolute Gasteiger partial charge is 0.306 e. The van der Waals surface area contributed by atoms with E-state index in [1.807, 2.05) is 0 Å². The van der Waals surface area contributed by atoms with Gasteiger partial charge < -0.3 is 5.32 Å². The van der Waals surface area contributed by atoms with E-state index < -0.39 is 11.6 Å². The Kier molecular flexibility index (Phi) is 3.49. The molecule has 20 heavy (non-hydrogen) atoms. The van der Waals surface area contributed by atoms with Crippen LogP contribution in [0, 0.1) is 17.5 Å². The maximum Gasteiger partial charge on any atom is 0.130 e. The molecule has 0 spiro atoms. The lowest BCUT2D eigenvalue weighted by Crippen LogP contribution is -2.19. The van der Waals surface area contributed by atoms with E-state index in [9.17, 15) is 13.2 Å². The van der Waals surface area contributed by atoms with Gasteiger partial charge in [0.2, 0.25) is 0 Å². The molecule has 0 heterocycles. The number of rotatable bonds is 3. The number of aryl methyl sites for hydroxylation is 1. The summed E-state index contributed by atoms with van der Waals surface area (Å²) in [6.07, 6.45) is 1.68. The van der Waals surface area contributed by atoms with Crippen molar-refractivity contribution in [2.24, 2.45) is 0 Å². The lowest BCUT2D eigenvalue weighted by molar-refractivity contribution is 0.508. The molecule has 104 valence electrons. The minimum absolute atomic E-state index is 0.0926. The van der Waals surface area contributed by atoms with E-state index in [-0.39, 0.29) is 11.9 Å². The van der Waals surface area contributed by atoms with Gasteiger partial charge in [0, 0.05) is 24.2 Å². The third kappa shape index (κ3) is 2.56. The molecule has 0 aromatic heterocycles. The van der Waals surface area contributed by atoms with Crippen LogP contribution in [0.1, 0.15) is 29.2 Å². The summed E-state index contributed by atoms with van der Waals surface area (Å²) in [5, 5.41) is 3.25. The van der Waals surface area contributed by atoms with Crippen molar-refractivity contribution < 1.29 is 13.2 Å². The first kappa shape index (κ1) is 13.2. The summed E-state index contributed by atoms with van der Waals surface area (Å²) in [6, 6.07) is 8.43. The van der Waals surface area contributed by atoms with Crippen LogP contribution in [0.25, 0.3) is 0 Å². The molecule has 3 rings (SSSR count). The topological polar surface area (TPSA) is 12.0 Å². The number of nitrogens with one attached hydrogen (secondary N) is 1. The van der Waals surface area contributed by atoms with Crippen molar-refractivity contribution in [2.45, 2.75) is 25.4 Å². The second-order valence-electron chi connectivity index (χ2n) is 5.05. The van der Waals surface area contributed by atoms with E-state index in [4.69, 9.17) is 0 Å².